The fourth-order valence-electron chi connectivity index (χ4n) is 3.14. The maximum absolute atomic E-state index is 12.0. The zero-order valence-electron chi connectivity index (χ0n) is 9.73. The first kappa shape index (κ1) is 10.8. The van der Waals surface area contributed by atoms with E-state index in [2.05, 4.69) is 5.32 Å². The summed E-state index contributed by atoms with van der Waals surface area (Å²) in [5.74, 6) is 0.762. The lowest BCUT2D eigenvalue weighted by molar-refractivity contribution is -0.125. The average molecular weight is 231 g/mol. The summed E-state index contributed by atoms with van der Waals surface area (Å²) in [7, 11) is 0. The van der Waals surface area contributed by atoms with E-state index >= 15 is 0 Å². The Labute approximate surface area is 101 Å². The van der Waals surface area contributed by atoms with E-state index in [-0.39, 0.29) is 11.7 Å². The molecule has 1 aromatic carbocycles. The summed E-state index contributed by atoms with van der Waals surface area (Å²) in [5.41, 5.74) is 1.05. The molecule has 2 N–H and O–H groups in total. The molecule has 2 aliphatic rings. The predicted octanol–water partition coefficient (Wildman–Crippen LogP) is 1.64. The highest BCUT2D eigenvalue weighted by Crippen LogP contribution is 2.31. The SMILES string of the molecule is O=C1CC2CCC(N2)C1Cc1cccc(O)c1. The van der Waals surface area contributed by atoms with E-state index in [1.54, 1.807) is 12.1 Å². The van der Waals surface area contributed by atoms with Crippen molar-refractivity contribution < 1.29 is 9.90 Å². The number of hydrogen-bond donors (Lipinski definition) is 2. The smallest absolute Gasteiger partial charge is 0.139 e. The van der Waals surface area contributed by atoms with Crippen molar-refractivity contribution in [2.24, 2.45) is 5.92 Å². The van der Waals surface area contributed by atoms with Crippen molar-refractivity contribution in [3.05, 3.63) is 29.8 Å². The molecule has 2 saturated heterocycles. The Bertz CT molecular complexity index is 444. The molecular formula is C14H17NO2. The van der Waals surface area contributed by atoms with Crippen LogP contribution in [0.25, 0.3) is 0 Å². The molecule has 2 aliphatic heterocycles. The van der Waals surface area contributed by atoms with E-state index in [0.29, 0.717) is 24.3 Å². The van der Waals surface area contributed by atoms with Gasteiger partial charge in [0, 0.05) is 24.4 Å². The molecule has 0 spiro atoms. The van der Waals surface area contributed by atoms with Crippen LogP contribution in [0.5, 0.6) is 5.75 Å². The largest absolute Gasteiger partial charge is 0.508 e. The summed E-state index contributed by atoms with van der Waals surface area (Å²) >= 11 is 0. The van der Waals surface area contributed by atoms with Gasteiger partial charge in [0.15, 0.2) is 0 Å². The van der Waals surface area contributed by atoms with Crippen LogP contribution in [0.2, 0.25) is 0 Å². The van der Waals surface area contributed by atoms with Gasteiger partial charge >= 0.3 is 0 Å². The van der Waals surface area contributed by atoms with Gasteiger partial charge in [-0.1, -0.05) is 12.1 Å². The highest BCUT2D eigenvalue weighted by Gasteiger charge is 2.40. The van der Waals surface area contributed by atoms with Crippen molar-refractivity contribution >= 4 is 5.78 Å². The number of carbonyl (C=O) groups is 1. The van der Waals surface area contributed by atoms with Gasteiger partial charge in [-0.05, 0) is 37.0 Å². The third kappa shape index (κ3) is 2.07. The molecule has 17 heavy (non-hydrogen) atoms. The number of aromatic hydroxyl groups is 1. The number of fused-ring (bicyclic) bond motifs is 2. The van der Waals surface area contributed by atoms with Gasteiger partial charge in [0.05, 0.1) is 0 Å². The number of phenolic OH excluding ortho intramolecular Hbond substituents is 1. The summed E-state index contributed by atoms with van der Waals surface area (Å²) in [4.78, 5) is 12.0. The van der Waals surface area contributed by atoms with E-state index in [4.69, 9.17) is 0 Å². The Morgan fingerprint density at radius 3 is 3.06 bits per heavy atom. The number of phenols is 1. The maximum atomic E-state index is 12.0. The molecule has 3 heteroatoms. The minimum absolute atomic E-state index is 0.0931. The molecule has 3 atom stereocenters. The zero-order valence-corrected chi connectivity index (χ0v) is 9.73. The van der Waals surface area contributed by atoms with Crippen molar-refractivity contribution in [3.8, 4) is 5.75 Å². The molecule has 0 amide bonds. The van der Waals surface area contributed by atoms with E-state index in [9.17, 15) is 9.90 Å². The number of piperidine rings is 1. The molecule has 0 saturated carbocycles. The lowest BCUT2D eigenvalue weighted by Crippen LogP contribution is -2.46. The number of Topliss-reactive ketones (excluding diaryl/α,β-unsaturated/α-hetero) is 1. The Kier molecular flexibility index (Phi) is 2.63. The molecule has 0 radical (unpaired) electrons. The Hall–Kier alpha value is -1.35. The van der Waals surface area contributed by atoms with E-state index in [1.807, 2.05) is 12.1 Å². The van der Waals surface area contributed by atoms with Crippen molar-refractivity contribution in [1.82, 2.24) is 5.32 Å². The van der Waals surface area contributed by atoms with Crippen LogP contribution in [0.4, 0.5) is 0 Å². The quantitative estimate of drug-likeness (QED) is 0.813. The highest BCUT2D eigenvalue weighted by atomic mass is 16.3. The van der Waals surface area contributed by atoms with Crippen LogP contribution in [-0.2, 0) is 11.2 Å². The molecule has 2 heterocycles. The number of hydrogen-bond acceptors (Lipinski definition) is 3. The second-order valence-electron chi connectivity index (χ2n) is 5.20. The van der Waals surface area contributed by atoms with Gasteiger partial charge in [-0.25, -0.2) is 0 Å². The molecule has 2 bridgehead atoms. The standard InChI is InChI=1S/C14H17NO2/c16-11-3-1-2-9(6-11)7-12-13-5-4-10(15-13)8-14(12)17/h1-3,6,10,12-13,15-16H,4-5,7-8H2. The fourth-order valence-corrected chi connectivity index (χ4v) is 3.14. The second kappa shape index (κ2) is 4.15. The van der Waals surface area contributed by atoms with E-state index in [1.165, 1.54) is 0 Å². The monoisotopic (exact) mass is 231 g/mol. The molecule has 2 fully saturated rings. The average Bonchev–Trinajstić information content (AvgIpc) is 2.68. The van der Waals surface area contributed by atoms with Gasteiger partial charge in [-0.15, -0.1) is 0 Å². The molecule has 3 unspecified atom stereocenters. The van der Waals surface area contributed by atoms with Crippen LogP contribution in [0.3, 0.4) is 0 Å². The molecule has 0 aromatic heterocycles. The Morgan fingerprint density at radius 2 is 2.24 bits per heavy atom. The zero-order chi connectivity index (χ0) is 11.8. The minimum Gasteiger partial charge on any atom is -0.508 e. The van der Waals surface area contributed by atoms with Crippen LogP contribution in [0.1, 0.15) is 24.8 Å². The van der Waals surface area contributed by atoms with Crippen LogP contribution in [0.15, 0.2) is 24.3 Å². The van der Waals surface area contributed by atoms with Crippen LogP contribution < -0.4 is 5.32 Å². The van der Waals surface area contributed by atoms with Crippen molar-refractivity contribution in [1.29, 1.82) is 0 Å². The minimum atomic E-state index is 0.0931. The summed E-state index contributed by atoms with van der Waals surface area (Å²) in [5, 5.41) is 13.0. The first-order valence-corrected chi connectivity index (χ1v) is 6.29. The summed E-state index contributed by atoms with van der Waals surface area (Å²) in [6.07, 6.45) is 3.67. The maximum Gasteiger partial charge on any atom is 0.139 e. The predicted molar refractivity (Wildman–Crippen MR) is 64.9 cm³/mol. The first-order valence-electron chi connectivity index (χ1n) is 6.29. The third-order valence-electron chi connectivity index (χ3n) is 3.99. The summed E-state index contributed by atoms with van der Waals surface area (Å²) < 4.78 is 0. The molecule has 90 valence electrons. The van der Waals surface area contributed by atoms with Crippen molar-refractivity contribution in [2.75, 3.05) is 0 Å². The normalized spacial score (nSPS) is 31.8. The lowest BCUT2D eigenvalue weighted by Gasteiger charge is -2.29. The van der Waals surface area contributed by atoms with E-state index in [0.717, 1.165) is 24.8 Å². The van der Waals surface area contributed by atoms with E-state index < -0.39 is 0 Å². The molecule has 3 nitrogen and oxygen atoms in total. The van der Waals surface area contributed by atoms with Gasteiger partial charge in [0.25, 0.3) is 0 Å². The number of nitrogens with one attached hydrogen (secondary N) is 1. The Balaban J connectivity index is 1.78. The first-order chi connectivity index (χ1) is 8.22. The van der Waals surface area contributed by atoms with Gasteiger partial charge < -0.3 is 10.4 Å². The highest BCUT2D eigenvalue weighted by molar-refractivity contribution is 5.84. The van der Waals surface area contributed by atoms with Crippen LogP contribution in [-0.4, -0.2) is 23.0 Å². The number of rotatable bonds is 2. The third-order valence-corrected chi connectivity index (χ3v) is 3.99. The van der Waals surface area contributed by atoms with Crippen LogP contribution >= 0.6 is 0 Å². The lowest BCUT2D eigenvalue weighted by atomic mass is 9.85. The topological polar surface area (TPSA) is 49.3 Å². The molecule has 1 aromatic rings. The molecule has 0 aliphatic carbocycles. The van der Waals surface area contributed by atoms with Crippen LogP contribution in [0, 0.1) is 5.92 Å². The van der Waals surface area contributed by atoms with Gasteiger partial charge in [0.2, 0.25) is 0 Å². The van der Waals surface area contributed by atoms with Gasteiger partial charge in [-0.2, -0.15) is 0 Å². The number of benzene rings is 1. The van der Waals surface area contributed by atoms with Crippen molar-refractivity contribution in [2.45, 2.75) is 37.8 Å². The summed E-state index contributed by atoms with van der Waals surface area (Å²) in [6.45, 7) is 0. The second-order valence-corrected chi connectivity index (χ2v) is 5.20. The van der Waals surface area contributed by atoms with Crippen molar-refractivity contribution in [3.63, 3.8) is 0 Å². The molecule has 3 rings (SSSR count). The number of ketones is 1. The fraction of sp³-hybridized carbons (Fsp3) is 0.500. The summed E-state index contributed by atoms with van der Waals surface area (Å²) in [6, 6.07) is 8.01. The van der Waals surface area contributed by atoms with Gasteiger partial charge in [-0.3, -0.25) is 4.79 Å². The van der Waals surface area contributed by atoms with Gasteiger partial charge in [0.1, 0.15) is 11.5 Å². The molecular weight excluding hydrogens is 214 g/mol. The number of carbonyl (C=O) groups excluding carboxylic acids is 1. The Morgan fingerprint density at radius 1 is 1.35 bits per heavy atom.